The summed E-state index contributed by atoms with van der Waals surface area (Å²) in [4.78, 5) is 9.25. The van der Waals surface area contributed by atoms with E-state index < -0.39 is 0 Å². The summed E-state index contributed by atoms with van der Waals surface area (Å²) in [7, 11) is 6.01. The van der Waals surface area contributed by atoms with Crippen molar-refractivity contribution in [3.05, 3.63) is 48.3 Å². The first-order valence-electron chi connectivity index (χ1n) is 11.0. The second-order valence-electron chi connectivity index (χ2n) is 8.34. The van der Waals surface area contributed by atoms with E-state index >= 15 is 0 Å². The first kappa shape index (κ1) is 25.5. The molecule has 1 aliphatic heterocycles. The molecule has 2 atom stereocenters. The molecule has 2 heterocycles. The van der Waals surface area contributed by atoms with Gasteiger partial charge in [-0.1, -0.05) is 30.3 Å². The Bertz CT molecular complexity index is 792. The zero-order chi connectivity index (χ0) is 21.3. The summed E-state index contributed by atoms with van der Waals surface area (Å²) >= 11 is 0. The summed E-state index contributed by atoms with van der Waals surface area (Å²) in [6, 6.07) is 11.5. The average Bonchev–Trinajstić information content (AvgIpc) is 3.20. The fourth-order valence-corrected chi connectivity index (χ4v) is 3.94. The normalized spacial score (nSPS) is 17.9. The number of rotatable bonds is 8. The number of benzene rings is 1. The van der Waals surface area contributed by atoms with Crippen LogP contribution in [0.5, 0.6) is 0 Å². The van der Waals surface area contributed by atoms with Crippen molar-refractivity contribution in [3.8, 4) is 0 Å². The van der Waals surface area contributed by atoms with E-state index in [2.05, 4.69) is 81.0 Å². The van der Waals surface area contributed by atoms with Gasteiger partial charge < -0.3 is 15.5 Å². The number of hydrogen-bond acceptors (Lipinski definition) is 4. The zero-order valence-corrected chi connectivity index (χ0v) is 21.6. The average molecular weight is 540 g/mol. The molecule has 172 valence electrons. The summed E-state index contributed by atoms with van der Waals surface area (Å²) in [5, 5.41) is 11.4. The van der Waals surface area contributed by atoms with Crippen molar-refractivity contribution in [1.82, 2.24) is 25.3 Å². The molecule has 2 N–H and O–H groups in total. The number of hydrogen-bond donors (Lipinski definition) is 2. The largest absolute Gasteiger partial charge is 0.367 e. The third-order valence-electron chi connectivity index (χ3n) is 5.92. The van der Waals surface area contributed by atoms with E-state index in [0.717, 1.165) is 45.0 Å². The molecule has 1 aromatic carbocycles. The maximum absolute atomic E-state index is 4.44. The number of guanidine groups is 1. The lowest BCUT2D eigenvalue weighted by Crippen LogP contribution is -2.51. The minimum atomic E-state index is 0. The number of aromatic nitrogens is 2. The standard InChI is InChI=1S/C23H37N7.HI/c1-19(28(3)16-20-9-6-5-7-10-20)12-13-25-23(24-2)27-21-11-8-14-30(17-21)22-15-26-29(4)18-22;/h5-7,9-10,15,18-19,21H,8,11-14,16-17H2,1-4H3,(H2,24,25,27);1H. The van der Waals surface area contributed by atoms with Gasteiger partial charge >= 0.3 is 0 Å². The predicted molar refractivity (Wildman–Crippen MR) is 140 cm³/mol. The van der Waals surface area contributed by atoms with Gasteiger partial charge in [0.2, 0.25) is 0 Å². The van der Waals surface area contributed by atoms with Crippen LogP contribution in [0.1, 0.15) is 31.7 Å². The van der Waals surface area contributed by atoms with E-state index in [1.54, 1.807) is 0 Å². The van der Waals surface area contributed by atoms with Crippen LogP contribution in [0.2, 0.25) is 0 Å². The first-order valence-corrected chi connectivity index (χ1v) is 11.0. The molecule has 0 aliphatic carbocycles. The molecule has 0 bridgehead atoms. The Morgan fingerprint density at radius 2 is 2.10 bits per heavy atom. The van der Waals surface area contributed by atoms with E-state index in [-0.39, 0.29) is 24.0 Å². The molecule has 0 amide bonds. The van der Waals surface area contributed by atoms with E-state index in [4.69, 9.17) is 0 Å². The monoisotopic (exact) mass is 539 g/mol. The lowest BCUT2D eigenvalue weighted by Gasteiger charge is -2.34. The number of anilines is 1. The third-order valence-corrected chi connectivity index (χ3v) is 5.92. The Morgan fingerprint density at radius 3 is 2.77 bits per heavy atom. The maximum Gasteiger partial charge on any atom is 0.191 e. The van der Waals surface area contributed by atoms with E-state index in [1.807, 2.05) is 25.0 Å². The molecule has 0 spiro atoms. The number of aryl methyl sites for hydroxylation is 1. The van der Waals surface area contributed by atoms with Crippen molar-refractivity contribution < 1.29 is 0 Å². The number of nitrogens with zero attached hydrogens (tertiary/aromatic N) is 5. The number of piperidine rings is 1. The molecule has 2 aromatic rings. The second-order valence-corrected chi connectivity index (χ2v) is 8.34. The van der Waals surface area contributed by atoms with Crippen LogP contribution in [0.15, 0.2) is 47.7 Å². The zero-order valence-electron chi connectivity index (χ0n) is 19.3. The molecule has 0 radical (unpaired) electrons. The van der Waals surface area contributed by atoms with Gasteiger partial charge in [-0.05, 0) is 38.8 Å². The Hall–Kier alpha value is -1.81. The lowest BCUT2D eigenvalue weighted by molar-refractivity contribution is 0.238. The highest BCUT2D eigenvalue weighted by atomic mass is 127. The SMILES string of the molecule is CN=C(NCCC(C)N(C)Cc1ccccc1)NC1CCCN(c2cnn(C)c2)C1.I. The van der Waals surface area contributed by atoms with Crippen LogP contribution in [0.25, 0.3) is 0 Å². The van der Waals surface area contributed by atoms with Crippen molar-refractivity contribution in [1.29, 1.82) is 0 Å². The van der Waals surface area contributed by atoms with Gasteiger partial charge in [-0.3, -0.25) is 14.6 Å². The minimum Gasteiger partial charge on any atom is -0.367 e. The van der Waals surface area contributed by atoms with E-state index in [9.17, 15) is 0 Å². The molecule has 1 saturated heterocycles. The summed E-state index contributed by atoms with van der Waals surface area (Å²) in [5.41, 5.74) is 2.55. The number of halogens is 1. The molecule has 7 nitrogen and oxygen atoms in total. The Balaban J connectivity index is 0.00000341. The van der Waals surface area contributed by atoms with Gasteiger partial charge in [0, 0.05) is 58.6 Å². The van der Waals surface area contributed by atoms with Gasteiger partial charge in [-0.15, -0.1) is 24.0 Å². The van der Waals surface area contributed by atoms with Crippen LogP contribution in [0.3, 0.4) is 0 Å². The van der Waals surface area contributed by atoms with E-state index in [0.29, 0.717) is 12.1 Å². The molecule has 0 saturated carbocycles. The molecular weight excluding hydrogens is 501 g/mol. The molecule has 2 unspecified atom stereocenters. The van der Waals surface area contributed by atoms with Gasteiger partial charge in [-0.2, -0.15) is 5.10 Å². The highest BCUT2D eigenvalue weighted by Gasteiger charge is 2.21. The summed E-state index contributed by atoms with van der Waals surface area (Å²) in [6.07, 6.45) is 7.43. The van der Waals surface area contributed by atoms with Crippen LogP contribution in [0, 0.1) is 0 Å². The van der Waals surface area contributed by atoms with Crippen molar-refractivity contribution >= 4 is 35.6 Å². The Labute approximate surface area is 204 Å². The van der Waals surface area contributed by atoms with E-state index in [1.165, 1.54) is 17.7 Å². The van der Waals surface area contributed by atoms with Gasteiger partial charge in [0.25, 0.3) is 0 Å². The van der Waals surface area contributed by atoms with Crippen molar-refractivity contribution in [2.75, 3.05) is 38.6 Å². The Kier molecular flexibility index (Phi) is 10.6. The molecular formula is C23H38IN7. The number of nitrogens with one attached hydrogen (secondary N) is 2. The van der Waals surface area contributed by atoms with Gasteiger partial charge in [-0.25, -0.2) is 0 Å². The van der Waals surface area contributed by atoms with Crippen molar-refractivity contribution in [2.24, 2.45) is 12.0 Å². The fraction of sp³-hybridized carbons (Fsp3) is 0.565. The molecule has 1 aliphatic rings. The highest BCUT2D eigenvalue weighted by molar-refractivity contribution is 14.0. The minimum absolute atomic E-state index is 0. The maximum atomic E-state index is 4.44. The van der Waals surface area contributed by atoms with Gasteiger partial charge in [0.1, 0.15) is 0 Å². The quantitative estimate of drug-likeness (QED) is 0.307. The highest BCUT2D eigenvalue weighted by Crippen LogP contribution is 2.19. The van der Waals surface area contributed by atoms with Crippen LogP contribution in [-0.4, -0.2) is 66.5 Å². The third kappa shape index (κ3) is 7.99. The fourth-order valence-electron chi connectivity index (χ4n) is 3.94. The summed E-state index contributed by atoms with van der Waals surface area (Å²) in [5.74, 6) is 0.894. The Morgan fingerprint density at radius 1 is 1.32 bits per heavy atom. The molecule has 3 rings (SSSR count). The van der Waals surface area contributed by atoms with Crippen LogP contribution in [-0.2, 0) is 13.6 Å². The van der Waals surface area contributed by atoms with Crippen molar-refractivity contribution in [2.45, 2.75) is 44.8 Å². The van der Waals surface area contributed by atoms with Gasteiger partial charge in [0.15, 0.2) is 5.96 Å². The van der Waals surface area contributed by atoms with Gasteiger partial charge in [0.05, 0.1) is 11.9 Å². The number of aliphatic imine (C=N–C) groups is 1. The first-order chi connectivity index (χ1) is 14.5. The molecule has 8 heteroatoms. The molecule has 1 fully saturated rings. The smallest absolute Gasteiger partial charge is 0.191 e. The predicted octanol–water partition coefficient (Wildman–Crippen LogP) is 3.08. The van der Waals surface area contributed by atoms with Crippen LogP contribution in [0.4, 0.5) is 5.69 Å². The second kappa shape index (κ2) is 12.9. The molecule has 31 heavy (non-hydrogen) atoms. The summed E-state index contributed by atoms with van der Waals surface area (Å²) in [6.45, 7) is 6.22. The van der Waals surface area contributed by atoms with Crippen LogP contribution >= 0.6 is 24.0 Å². The molecule has 1 aromatic heterocycles. The topological polar surface area (TPSA) is 60.7 Å². The summed E-state index contributed by atoms with van der Waals surface area (Å²) < 4.78 is 1.86. The van der Waals surface area contributed by atoms with Crippen LogP contribution < -0.4 is 15.5 Å². The lowest BCUT2D eigenvalue weighted by atomic mass is 10.1. The van der Waals surface area contributed by atoms with Crippen molar-refractivity contribution in [3.63, 3.8) is 0 Å².